The molecule has 0 atom stereocenters. The third kappa shape index (κ3) is 2.75. The number of rotatable bonds is 4. The molecule has 0 aliphatic rings. The molecule has 1 amide bonds. The average molecular weight is 244 g/mol. The van der Waals surface area contributed by atoms with Gasteiger partial charge >= 0.3 is 0 Å². The van der Waals surface area contributed by atoms with E-state index in [-0.39, 0.29) is 5.91 Å². The molecule has 18 heavy (non-hydrogen) atoms. The number of anilines is 1. The van der Waals surface area contributed by atoms with Gasteiger partial charge in [0.15, 0.2) is 5.69 Å². The molecule has 0 fully saturated rings. The first-order chi connectivity index (χ1) is 8.70. The van der Waals surface area contributed by atoms with E-state index in [2.05, 4.69) is 20.8 Å². The van der Waals surface area contributed by atoms with Crippen molar-refractivity contribution in [2.45, 2.75) is 13.5 Å². The largest absolute Gasteiger partial charge is 0.320 e. The lowest BCUT2D eigenvalue weighted by Gasteiger charge is -2.09. The number of H-pyrrole nitrogens is 1. The van der Waals surface area contributed by atoms with Crippen LogP contribution in [0.4, 0.5) is 5.69 Å². The molecule has 1 aromatic heterocycles. The van der Waals surface area contributed by atoms with Crippen molar-refractivity contribution >= 4 is 11.6 Å². The number of aromatic nitrogens is 2. The Morgan fingerprint density at radius 1 is 1.39 bits per heavy atom. The molecule has 0 saturated heterocycles. The number of para-hydroxylation sites is 1. The summed E-state index contributed by atoms with van der Waals surface area (Å²) in [6.45, 7) is 2.56. The molecule has 94 valence electrons. The molecule has 2 rings (SSSR count). The highest BCUT2D eigenvalue weighted by molar-refractivity contribution is 6.03. The summed E-state index contributed by atoms with van der Waals surface area (Å²) >= 11 is 0. The highest BCUT2D eigenvalue weighted by Gasteiger charge is 2.11. The number of carbonyl (C=O) groups excluding carboxylic acids is 1. The number of carbonyl (C=O) groups is 1. The Labute approximate surface area is 106 Å². The molecule has 5 nitrogen and oxygen atoms in total. The summed E-state index contributed by atoms with van der Waals surface area (Å²) < 4.78 is 0. The summed E-state index contributed by atoms with van der Waals surface area (Å²) in [6, 6.07) is 9.41. The highest BCUT2D eigenvalue weighted by atomic mass is 16.1. The third-order valence-corrected chi connectivity index (χ3v) is 2.57. The Morgan fingerprint density at radius 3 is 2.83 bits per heavy atom. The van der Waals surface area contributed by atoms with Crippen molar-refractivity contribution in [2.24, 2.45) is 0 Å². The van der Waals surface area contributed by atoms with Gasteiger partial charge in [0, 0.05) is 17.9 Å². The van der Waals surface area contributed by atoms with Crippen molar-refractivity contribution in [1.82, 2.24) is 15.5 Å². The maximum atomic E-state index is 12.0. The zero-order valence-corrected chi connectivity index (χ0v) is 10.4. The summed E-state index contributed by atoms with van der Waals surface area (Å²) in [5.74, 6) is -0.206. The molecule has 5 heteroatoms. The van der Waals surface area contributed by atoms with E-state index in [1.54, 1.807) is 6.07 Å². The smallest absolute Gasteiger partial charge is 0.276 e. The van der Waals surface area contributed by atoms with E-state index >= 15 is 0 Å². The topological polar surface area (TPSA) is 69.8 Å². The van der Waals surface area contributed by atoms with Gasteiger partial charge in [-0.15, -0.1) is 0 Å². The lowest BCUT2D eigenvalue weighted by Crippen LogP contribution is -2.15. The molecular weight excluding hydrogens is 228 g/mol. The first-order valence-corrected chi connectivity index (χ1v) is 5.76. The molecule has 0 unspecified atom stereocenters. The van der Waals surface area contributed by atoms with Crippen LogP contribution < -0.4 is 10.6 Å². The summed E-state index contributed by atoms with van der Waals surface area (Å²) in [4.78, 5) is 12.0. The van der Waals surface area contributed by atoms with E-state index in [1.165, 1.54) is 0 Å². The van der Waals surface area contributed by atoms with Crippen LogP contribution in [-0.4, -0.2) is 23.2 Å². The molecule has 0 bridgehead atoms. The van der Waals surface area contributed by atoms with Crippen LogP contribution in [0.3, 0.4) is 0 Å². The standard InChI is InChI=1S/C13H16N4O/c1-9-7-12(17-16-9)13(18)15-11-6-4-3-5-10(11)8-14-2/h3-7,14H,8H2,1-2H3,(H,15,18)(H,16,17). The number of hydrogen-bond donors (Lipinski definition) is 3. The Hall–Kier alpha value is -2.14. The van der Waals surface area contributed by atoms with E-state index in [9.17, 15) is 4.79 Å². The molecule has 1 heterocycles. The van der Waals surface area contributed by atoms with Gasteiger partial charge in [0.05, 0.1) is 0 Å². The van der Waals surface area contributed by atoms with Crippen LogP contribution in [0.1, 0.15) is 21.7 Å². The Morgan fingerprint density at radius 2 is 2.17 bits per heavy atom. The van der Waals surface area contributed by atoms with Crippen LogP contribution in [0.5, 0.6) is 0 Å². The first-order valence-electron chi connectivity index (χ1n) is 5.76. The van der Waals surface area contributed by atoms with Gasteiger partial charge in [0.1, 0.15) is 0 Å². The minimum atomic E-state index is -0.206. The highest BCUT2D eigenvalue weighted by Crippen LogP contribution is 2.15. The molecule has 0 aliphatic heterocycles. The number of benzene rings is 1. The average Bonchev–Trinajstić information content (AvgIpc) is 2.79. The normalized spacial score (nSPS) is 10.3. The van der Waals surface area contributed by atoms with Gasteiger partial charge in [-0.3, -0.25) is 9.89 Å². The van der Waals surface area contributed by atoms with Crippen molar-refractivity contribution in [3.05, 3.63) is 47.3 Å². The van der Waals surface area contributed by atoms with Crippen LogP contribution in [0.15, 0.2) is 30.3 Å². The number of nitrogens with zero attached hydrogens (tertiary/aromatic N) is 1. The van der Waals surface area contributed by atoms with E-state index < -0.39 is 0 Å². The molecule has 0 radical (unpaired) electrons. The van der Waals surface area contributed by atoms with E-state index in [4.69, 9.17) is 0 Å². The van der Waals surface area contributed by atoms with Gasteiger partial charge in [-0.2, -0.15) is 5.10 Å². The molecule has 0 aliphatic carbocycles. The lowest BCUT2D eigenvalue weighted by atomic mass is 10.1. The number of aromatic amines is 1. The van der Waals surface area contributed by atoms with Gasteiger partial charge in [-0.1, -0.05) is 18.2 Å². The third-order valence-electron chi connectivity index (χ3n) is 2.57. The van der Waals surface area contributed by atoms with Gasteiger partial charge in [-0.25, -0.2) is 0 Å². The van der Waals surface area contributed by atoms with E-state index in [0.29, 0.717) is 12.2 Å². The Kier molecular flexibility index (Phi) is 3.74. The molecule has 3 N–H and O–H groups in total. The monoisotopic (exact) mass is 244 g/mol. The maximum absolute atomic E-state index is 12.0. The predicted molar refractivity (Wildman–Crippen MR) is 70.5 cm³/mol. The fourth-order valence-corrected chi connectivity index (χ4v) is 1.71. The van der Waals surface area contributed by atoms with E-state index in [1.807, 2.05) is 38.2 Å². The summed E-state index contributed by atoms with van der Waals surface area (Å²) in [6.07, 6.45) is 0. The van der Waals surface area contributed by atoms with Crippen LogP contribution in [0.2, 0.25) is 0 Å². The quantitative estimate of drug-likeness (QED) is 0.766. The molecule has 0 saturated carbocycles. The van der Waals surface area contributed by atoms with Gasteiger partial charge in [0.25, 0.3) is 5.91 Å². The minimum Gasteiger partial charge on any atom is -0.320 e. The zero-order valence-electron chi connectivity index (χ0n) is 10.4. The van der Waals surface area contributed by atoms with Crippen molar-refractivity contribution < 1.29 is 4.79 Å². The van der Waals surface area contributed by atoms with Crippen LogP contribution in [-0.2, 0) is 6.54 Å². The summed E-state index contributed by atoms with van der Waals surface area (Å²) in [7, 11) is 1.87. The second-order valence-corrected chi connectivity index (χ2v) is 4.08. The van der Waals surface area contributed by atoms with Crippen molar-refractivity contribution in [3.8, 4) is 0 Å². The molecule has 0 spiro atoms. The van der Waals surface area contributed by atoms with Crippen molar-refractivity contribution in [3.63, 3.8) is 0 Å². The minimum absolute atomic E-state index is 0.206. The number of aryl methyl sites for hydroxylation is 1. The molecule has 2 aromatic rings. The SMILES string of the molecule is CNCc1ccccc1NC(=O)c1cc(C)[nH]n1. The van der Waals surface area contributed by atoms with Crippen LogP contribution >= 0.6 is 0 Å². The molecule has 1 aromatic carbocycles. The number of hydrogen-bond acceptors (Lipinski definition) is 3. The summed E-state index contributed by atoms with van der Waals surface area (Å²) in [5.41, 5.74) is 3.11. The number of nitrogens with one attached hydrogen (secondary N) is 3. The maximum Gasteiger partial charge on any atom is 0.276 e. The second-order valence-electron chi connectivity index (χ2n) is 4.08. The molecular formula is C13H16N4O. The fraction of sp³-hybridized carbons (Fsp3) is 0.231. The fourth-order valence-electron chi connectivity index (χ4n) is 1.71. The van der Waals surface area contributed by atoms with Gasteiger partial charge in [-0.05, 0) is 31.7 Å². The van der Waals surface area contributed by atoms with Gasteiger partial charge in [0.2, 0.25) is 0 Å². The zero-order chi connectivity index (χ0) is 13.0. The van der Waals surface area contributed by atoms with Gasteiger partial charge < -0.3 is 10.6 Å². The predicted octanol–water partition coefficient (Wildman–Crippen LogP) is 1.69. The lowest BCUT2D eigenvalue weighted by molar-refractivity contribution is 0.102. The second kappa shape index (κ2) is 5.46. The van der Waals surface area contributed by atoms with E-state index in [0.717, 1.165) is 16.9 Å². The Balaban J connectivity index is 2.16. The van der Waals surface area contributed by atoms with Crippen LogP contribution in [0, 0.1) is 6.92 Å². The van der Waals surface area contributed by atoms with Crippen LogP contribution in [0.25, 0.3) is 0 Å². The Bertz CT molecular complexity index is 547. The first kappa shape index (κ1) is 12.3. The van der Waals surface area contributed by atoms with Crippen molar-refractivity contribution in [1.29, 1.82) is 0 Å². The summed E-state index contributed by atoms with van der Waals surface area (Å²) in [5, 5.41) is 12.6. The number of amides is 1. The van der Waals surface area contributed by atoms with Crippen molar-refractivity contribution in [2.75, 3.05) is 12.4 Å².